The van der Waals surface area contributed by atoms with Gasteiger partial charge in [0.05, 0.1) is 0 Å². The van der Waals surface area contributed by atoms with Gasteiger partial charge in [-0.15, -0.1) is 0 Å². The molecule has 3 N–H and O–H groups in total. The molecule has 1 aliphatic rings. The second-order valence-electron chi connectivity index (χ2n) is 20.0. The van der Waals surface area contributed by atoms with Gasteiger partial charge in [-0.3, -0.25) is 0 Å². The number of unbranched alkanes of at least 4 members (excludes halogenated alkanes) is 26. The first-order valence-corrected chi connectivity index (χ1v) is 29.3. The van der Waals surface area contributed by atoms with Crippen LogP contribution in [-0.2, 0) is 18.9 Å². The van der Waals surface area contributed by atoms with Gasteiger partial charge >= 0.3 is 268 Å². The molecular weight excluding hydrogens is 840 g/mol. The number of nitrogens with zero attached hydrogens (tertiary/aromatic N) is 3. The molecule has 13 heteroatoms. The summed E-state index contributed by atoms with van der Waals surface area (Å²) in [5, 5.41) is 9.64. The van der Waals surface area contributed by atoms with E-state index in [1.165, 1.54) is 152 Å². The Morgan fingerprint density at radius 2 is 1.12 bits per heavy atom. The topological polar surface area (TPSA) is 159 Å². The number of ether oxygens (including phenoxy) is 4. The molecule has 0 spiro atoms. The predicted octanol–water partition coefficient (Wildman–Crippen LogP) is 13.1. The predicted molar refractivity (Wildman–Crippen MR) is 269 cm³/mol. The number of aromatic nitrogens is 2. The Morgan fingerprint density at radius 1 is 0.723 bits per heavy atom. The van der Waals surface area contributed by atoms with Gasteiger partial charge in [-0.1, -0.05) is 129 Å². The van der Waals surface area contributed by atoms with Crippen LogP contribution in [0.4, 0.5) is 0 Å². The van der Waals surface area contributed by atoms with Crippen LogP contribution in [0.1, 0.15) is 246 Å². The molecule has 1 aromatic rings. The molecule has 0 aliphatic carbocycles. The molecule has 1 fully saturated rings. The summed E-state index contributed by atoms with van der Waals surface area (Å²) in [6, 6.07) is 1.64. The normalized spacial score (nSPS) is 17.5. The van der Waals surface area contributed by atoms with Crippen LogP contribution >= 0.6 is 7.21 Å². The zero-order valence-electron chi connectivity index (χ0n) is 42.7. The van der Waals surface area contributed by atoms with Crippen LogP contribution < -0.4 is 11.2 Å². The molecule has 0 amide bonds. The van der Waals surface area contributed by atoms with Crippen LogP contribution in [-0.4, -0.2) is 80.3 Å². The Balaban J connectivity index is 2.10. The number of nitrogens with one attached hydrogen (secondary N) is 1. The van der Waals surface area contributed by atoms with Gasteiger partial charge in [0.25, 0.3) is 0 Å². The third-order valence-electron chi connectivity index (χ3n) is 13.3. The fraction of sp³-hybridized carbons (Fsp3) is 0.904. The van der Waals surface area contributed by atoms with Crippen LogP contribution in [0.15, 0.2) is 15.8 Å². The summed E-state index contributed by atoms with van der Waals surface area (Å²) < 4.78 is 29.0. The van der Waals surface area contributed by atoms with Crippen molar-refractivity contribution in [2.45, 2.75) is 278 Å². The van der Waals surface area contributed by atoms with Crippen LogP contribution in [0.5, 0.6) is 0 Å². The van der Waals surface area contributed by atoms with Crippen LogP contribution in [0.3, 0.4) is 0 Å². The van der Waals surface area contributed by atoms with E-state index < -0.39 is 43.4 Å². The number of rotatable bonds is 42. The van der Waals surface area contributed by atoms with Gasteiger partial charge in [0.1, 0.15) is 0 Å². The van der Waals surface area contributed by atoms with E-state index in [1.54, 1.807) is 11.6 Å². The van der Waals surface area contributed by atoms with Crippen molar-refractivity contribution in [2.75, 3.05) is 25.5 Å². The van der Waals surface area contributed by atoms with Crippen molar-refractivity contribution in [1.29, 1.82) is 5.26 Å². The molecule has 0 aromatic carbocycles. The van der Waals surface area contributed by atoms with Gasteiger partial charge in [0.15, 0.2) is 0 Å². The number of hydrogen-bond acceptors (Lipinski definition) is 10. The van der Waals surface area contributed by atoms with Crippen LogP contribution in [0, 0.1) is 18.3 Å². The minimum atomic E-state index is -4.81. The maximum absolute atomic E-state index is 13.1. The number of aromatic amines is 1. The van der Waals surface area contributed by atoms with Crippen molar-refractivity contribution >= 4 is 7.21 Å². The monoisotopic (exact) mass is 939 g/mol. The Hall–Kier alpha value is -1.68. The summed E-state index contributed by atoms with van der Waals surface area (Å²) >= 11 is 0. The van der Waals surface area contributed by atoms with E-state index >= 15 is 0 Å². The van der Waals surface area contributed by atoms with Gasteiger partial charge in [-0.05, 0) is 0 Å². The summed E-state index contributed by atoms with van der Waals surface area (Å²) in [4.78, 5) is 52.9. The molecule has 3 atom stereocenters. The zero-order chi connectivity index (χ0) is 47.8. The molecule has 0 unspecified atom stereocenters. The van der Waals surface area contributed by atoms with E-state index in [4.69, 9.17) is 18.9 Å². The van der Waals surface area contributed by atoms with Crippen LogP contribution in [0.25, 0.3) is 0 Å². The summed E-state index contributed by atoms with van der Waals surface area (Å²) in [7, 11) is -4.81. The number of hydrogen-bond donors (Lipinski definition) is 3. The molecule has 0 bridgehead atoms. The van der Waals surface area contributed by atoms with Crippen LogP contribution in [0.2, 0.25) is 0 Å². The van der Waals surface area contributed by atoms with Crippen molar-refractivity contribution in [2.24, 2.45) is 0 Å². The fourth-order valence-electron chi connectivity index (χ4n) is 9.81. The Morgan fingerprint density at radius 3 is 1.51 bits per heavy atom. The van der Waals surface area contributed by atoms with Crippen molar-refractivity contribution < 1.29 is 28.7 Å². The second-order valence-corrected chi connectivity index (χ2v) is 23.9. The number of H-pyrrole nitrogens is 1. The summed E-state index contributed by atoms with van der Waals surface area (Å²) in [5.74, 6) is 0. The van der Waals surface area contributed by atoms with E-state index in [0.717, 1.165) is 38.5 Å². The fourth-order valence-corrected chi connectivity index (χ4v) is 14.2. The summed E-state index contributed by atoms with van der Waals surface area (Å²) in [5.41, 5.74) is -0.742. The van der Waals surface area contributed by atoms with Gasteiger partial charge in [-0.2, -0.15) is 0 Å². The zero-order valence-corrected chi connectivity index (χ0v) is 43.6. The molecule has 2 heterocycles. The first-order chi connectivity index (χ1) is 31.3. The first kappa shape index (κ1) is 59.4. The van der Waals surface area contributed by atoms with Crippen molar-refractivity contribution in [1.82, 2.24) is 14.2 Å². The quantitative estimate of drug-likeness (QED) is 0.0327. The van der Waals surface area contributed by atoms with E-state index in [2.05, 4.69) is 24.9 Å². The summed E-state index contributed by atoms with van der Waals surface area (Å²) in [6.07, 6.45) is 34.3. The molecular formula is C52H99N4O8P. The molecule has 12 nitrogen and oxygen atoms in total. The SMILES string of the molecule is CCCCCCCCCCCCCCCCOC(OCCCCCCCCCCCCCCCC)O[C@H]1C[C@H](n2cc(C)c(=O)[nH]c2=O)O[C@H]1CP(O)(O)(CCC#N)N(C(C)C)C(C)C. The maximum atomic E-state index is 13.1. The van der Waals surface area contributed by atoms with E-state index in [0.29, 0.717) is 18.8 Å². The molecule has 0 radical (unpaired) electrons. The van der Waals surface area contributed by atoms with Gasteiger partial charge in [0, 0.05) is 0 Å². The molecule has 380 valence electrons. The van der Waals surface area contributed by atoms with Crippen molar-refractivity contribution in [3.8, 4) is 6.07 Å². The molecule has 1 aliphatic heterocycles. The van der Waals surface area contributed by atoms with Gasteiger partial charge in [-0.25, -0.2) is 0 Å². The molecule has 65 heavy (non-hydrogen) atoms. The molecule has 2 rings (SSSR count). The molecule has 0 saturated carbocycles. The first-order valence-electron chi connectivity index (χ1n) is 26.8. The third-order valence-corrected chi connectivity index (χ3v) is 17.5. The Kier molecular flexibility index (Phi) is 31.6. The standard InChI is InChI=1S/C52H99N4O8P/c1-8-10-12-14-16-18-20-22-24-26-28-30-32-34-38-61-52(62-39-35-33-31-29-27-25-23-21-19-17-15-13-11-9-2)64-47-41-49(55-42-46(7)50(57)54-51(55)58)63-48(47)43-65(59,60,40-36-37-53)56(44(3)4)45(5)6/h42,44-45,47-49,52,59-60H,8-36,38-41,43H2,1-7H3,(H,54,57,58)/t47-,48-,49+/m0/s1. The minimum absolute atomic E-state index is 0.0474. The van der Waals surface area contributed by atoms with E-state index in [-0.39, 0.29) is 37.2 Å². The Labute approximate surface area is 396 Å². The number of aryl methyl sites for hydroxylation is 1. The Bertz CT molecular complexity index is 1470. The molecule has 1 aromatic heterocycles. The van der Waals surface area contributed by atoms with E-state index in [9.17, 15) is 24.6 Å². The third kappa shape index (κ3) is 24.4. The van der Waals surface area contributed by atoms with Gasteiger partial charge < -0.3 is 0 Å². The number of nitriles is 1. The van der Waals surface area contributed by atoms with Crippen molar-refractivity contribution in [3.63, 3.8) is 0 Å². The van der Waals surface area contributed by atoms with Crippen molar-refractivity contribution in [3.05, 3.63) is 32.6 Å². The van der Waals surface area contributed by atoms with E-state index in [1.807, 2.05) is 27.7 Å². The summed E-state index contributed by atoms with van der Waals surface area (Å²) in [6.45, 7) is 13.7. The molecule has 1 saturated heterocycles. The average molecular weight is 939 g/mol. The average Bonchev–Trinajstić information content (AvgIpc) is 3.63. The van der Waals surface area contributed by atoms with Gasteiger partial charge in [0.2, 0.25) is 0 Å². The second kappa shape index (κ2) is 34.6.